The molecule has 0 heterocycles. The topological polar surface area (TPSA) is 78.4 Å². The molecule has 0 bridgehead atoms. The van der Waals surface area contributed by atoms with Gasteiger partial charge in [-0.1, -0.05) is 0 Å². The SMILES string of the molecule is CNC(=O)C(C)NCC1CCC(C(=O)O)CC1. The number of rotatable bonds is 5. The second kappa shape index (κ2) is 6.59. The third-order valence-electron chi connectivity index (χ3n) is 3.55. The average Bonchev–Trinajstić information content (AvgIpc) is 2.35. The third-order valence-corrected chi connectivity index (χ3v) is 3.55. The van der Waals surface area contributed by atoms with Crippen molar-refractivity contribution in [1.82, 2.24) is 10.6 Å². The molecule has 1 rings (SSSR count). The predicted molar refractivity (Wildman–Crippen MR) is 64.6 cm³/mol. The fourth-order valence-electron chi connectivity index (χ4n) is 2.27. The molecule has 1 amide bonds. The van der Waals surface area contributed by atoms with Crippen LogP contribution in [-0.4, -0.2) is 36.6 Å². The number of carbonyl (C=O) groups is 2. The van der Waals surface area contributed by atoms with E-state index >= 15 is 0 Å². The summed E-state index contributed by atoms with van der Waals surface area (Å²) in [5, 5.41) is 14.7. The van der Waals surface area contributed by atoms with Gasteiger partial charge in [-0.3, -0.25) is 9.59 Å². The minimum Gasteiger partial charge on any atom is -0.481 e. The van der Waals surface area contributed by atoms with Crippen molar-refractivity contribution >= 4 is 11.9 Å². The molecule has 1 fully saturated rings. The van der Waals surface area contributed by atoms with E-state index < -0.39 is 5.97 Å². The van der Waals surface area contributed by atoms with Crippen LogP contribution < -0.4 is 10.6 Å². The molecule has 1 unspecified atom stereocenters. The lowest BCUT2D eigenvalue weighted by Gasteiger charge is -2.27. The molecule has 0 saturated heterocycles. The molecule has 0 aromatic heterocycles. The lowest BCUT2D eigenvalue weighted by molar-refractivity contribution is -0.143. The summed E-state index contributed by atoms with van der Waals surface area (Å²) in [6.45, 7) is 2.63. The van der Waals surface area contributed by atoms with E-state index in [9.17, 15) is 9.59 Å². The van der Waals surface area contributed by atoms with Gasteiger partial charge in [0.25, 0.3) is 0 Å². The smallest absolute Gasteiger partial charge is 0.306 e. The van der Waals surface area contributed by atoms with Gasteiger partial charge in [0, 0.05) is 7.05 Å². The second-order valence-corrected chi connectivity index (χ2v) is 4.80. The van der Waals surface area contributed by atoms with Crippen LogP contribution in [0, 0.1) is 11.8 Å². The molecule has 98 valence electrons. The molecule has 5 heteroatoms. The summed E-state index contributed by atoms with van der Waals surface area (Å²) in [7, 11) is 1.62. The van der Waals surface area contributed by atoms with Crippen LogP contribution in [0.4, 0.5) is 0 Å². The van der Waals surface area contributed by atoms with Crippen molar-refractivity contribution < 1.29 is 14.7 Å². The number of hydrogen-bond acceptors (Lipinski definition) is 3. The Bertz CT molecular complexity index is 273. The van der Waals surface area contributed by atoms with Gasteiger partial charge >= 0.3 is 5.97 Å². The van der Waals surface area contributed by atoms with Crippen LogP contribution in [0.5, 0.6) is 0 Å². The van der Waals surface area contributed by atoms with Crippen LogP contribution in [0.15, 0.2) is 0 Å². The van der Waals surface area contributed by atoms with E-state index in [4.69, 9.17) is 5.11 Å². The van der Waals surface area contributed by atoms with Crippen molar-refractivity contribution in [2.24, 2.45) is 11.8 Å². The standard InChI is InChI=1S/C12H22N2O3/c1-8(11(15)13-2)14-7-9-3-5-10(6-4-9)12(16)17/h8-10,14H,3-7H2,1-2H3,(H,13,15)(H,16,17). The Hall–Kier alpha value is -1.10. The summed E-state index contributed by atoms with van der Waals surface area (Å²) < 4.78 is 0. The number of hydrogen-bond donors (Lipinski definition) is 3. The van der Waals surface area contributed by atoms with Gasteiger partial charge in [-0.15, -0.1) is 0 Å². The minimum absolute atomic E-state index is 0.00998. The van der Waals surface area contributed by atoms with Crippen molar-refractivity contribution in [3.05, 3.63) is 0 Å². The highest BCUT2D eigenvalue weighted by Gasteiger charge is 2.26. The largest absolute Gasteiger partial charge is 0.481 e. The Morgan fingerprint density at radius 1 is 1.29 bits per heavy atom. The summed E-state index contributed by atoms with van der Waals surface area (Å²) in [6.07, 6.45) is 3.39. The van der Waals surface area contributed by atoms with E-state index in [1.54, 1.807) is 7.05 Å². The Labute approximate surface area is 102 Å². The van der Waals surface area contributed by atoms with Crippen molar-refractivity contribution in [1.29, 1.82) is 0 Å². The number of amides is 1. The lowest BCUT2D eigenvalue weighted by atomic mass is 9.82. The highest BCUT2D eigenvalue weighted by atomic mass is 16.4. The number of aliphatic carboxylic acids is 1. The molecule has 1 atom stereocenters. The normalized spacial score (nSPS) is 26.2. The summed E-state index contributed by atoms with van der Waals surface area (Å²) >= 11 is 0. The molecule has 0 spiro atoms. The van der Waals surface area contributed by atoms with Crippen molar-refractivity contribution in [3.63, 3.8) is 0 Å². The number of carbonyl (C=O) groups excluding carboxylic acids is 1. The van der Waals surface area contributed by atoms with Gasteiger partial charge in [-0.05, 0) is 45.1 Å². The first-order valence-electron chi connectivity index (χ1n) is 6.22. The first-order chi connectivity index (χ1) is 8.04. The molecular formula is C12H22N2O3. The lowest BCUT2D eigenvalue weighted by Crippen LogP contribution is -2.43. The number of carboxylic acid groups (broad SMARTS) is 1. The molecule has 1 saturated carbocycles. The van der Waals surface area contributed by atoms with Gasteiger partial charge in [0.1, 0.15) is 0 Å². The Morgan fingerprint density at radius 2 is 1.88 bits per heavy atom. The third kappa shape index (κ3) is 4.34. The zero-order valence-electron chi connectivity index (χ0n) is 10.5. The van der Waals surface area contributed by atoms with Crippen LogP contribution >= 0.6 is 0 Å². The molecule has 0 aromatic carbocycles. The van der Waals surface area contributed by atoms with Crippen molar-refractivity contribution in [2.75, 3.05) is 13.6 Å². The van der Waals surface area contributed by atoms with Crippen LogP contribution in [-0.2, 0) is 9.59 Å². The Kier molecular flexibility index (Phi) is 5.41. The first-order valence-corrected chi connectivity index (χ1v) is 6.22. The fourth-order valence-corrected chi connectivity index (χ4v) is 2.27. The molecule has 0 aliphatic heterocycles. The van der Waals surface area contributed by atoms with E-state index in [-0.39, 0.29) is 17.9 Å². The van der Waals surface area contributed by atoms with Gasteiger partial charge in [-0.25, -0.2) is 0 Å². The number of carboxylic acids is 1. The average molecular weight is 242 g/mol. The number of nitrogens with one attached hydrogen (secondary N) is 2. The molecule has 1 aliphatic carbocycles. The number of likely N-dealkylation sites (N-methyl/N-ethyl adjacent to an activating group) is 1. The maximum atomic E-state index is 11.3. The van der Waals surface area contributed by atoms with Crippen LogP contribution in [0.1, 0.15) is 32.6 Å². The van der Waals surface area contributed by atoms with Gasteiger partial charge in [0.15, 0.2) is 0 Å². The monoisotopic (exact) mass is 242 g/mol. The Morgan fingerprint density at radius 3 is 2.35 bits per heavy atom. The summed E-state index contributed by atoms with van der Waals surface area (Å²) in [4.78, 5) is 22.1. The summed E-state index contributed by atoms with van der Waals surface area (Å²) in [5.74, 6) is -0.348. The zero-order valence-corrected chi connectivity index (χ0v) is 10.5. The van der Waals surface area contributed by atoms with E-state index in [2.05, 4.69) is 10.6 Å². The molecule has 17 heavy (non-hydrogen) atoms. The highest BCUT2D eigenvalue weighted by Crippen LogP contribution is 2.28. The zero-order chi connectivity index (χ0) is 12.8. The highest BCUT2D eigenvalue weighted by molar-refractivity contribution is 5.80. The van der Waals surface area contributed by atoms with Crippen molar-refractivity contribution in [3.8, 4) is 0 Å². The van der Waals surface area contributed by atoms with Gasteiger partial charge in [0.2, 0.25) is 5.91 Å². The van der Waals surface area contributed by atoms with E-state index in [1.807, 2.05) is 6.92 Å². The second-order valence-electron chi connectivity index (χ2n) is 4.80. The maximum Gasteiger partial charge on any atom is 0.306 e. The quantitative estimate of drug-likeness (QED) is 0.659. The van der Waals surface area contributed by atoms with Crippen molar-refractivity contribution in [2.45, 2.75) is 38.6 Å². The maximum absolute atomic E-state index is 11.3. The van der Waals surface area contributed by atoms with Gasteiger partial charge < -0.3 is 15.7 Å². The van der Waals surface area contributed by atoms with E-state index in [0.29, 0.717) is 5.92 Å². The molecular weight excluding hydrogens is 220 g/mol. The predicted octanol–water partition coefficient (Wildman–Crippen LogP) is 0.601. The molecule has 5 nitrogen and oxygen atoms in total. The van der Waals surface area contributed by atoms with Crippen LogP contribution in [0.25, 0.3) is 0 Å². The summed E-state index contributed by atoms with van der Waals surface area (Å²) in [5.41, 5.74) is 0. The first kappa shape index (κ1) is 14.0. The van der Waals surface area contributed by atoms with Crippen LogP contribution in [0.3, 0.4) is 0 Å². The summed E-state index contributed by atoms with van der Waals surface area (Å²) in [6, 6.07) is -0.183. The minimum atomic E-state index is -0.671. The van der Waals surface area contributed by atoms with E-state index in [0.717, 1.165) is 32.2 Å². The van der Waals surface area contributed by atoms with E-state index in [1.165, 1.54) is 0 Å². The van der Waals surface area contributed by atoms with Crippen LogP contribution in [0.2, 0.25) is 0 Å². The molecule has 1 aliphatic rings. The molecule has 3 N–H and O–H groups in total. The molecule has 0 radical (unpaired) electrons. The molecule has 0 aromatic rings. The Balaban J connectivity index is 2.22. The fraction of sp³-hybridized carbons (Fsp3) is 0.833. The van der Waals surface area contributed by atoms with Gasteiger partial charge in [0.05, 0.1) is 12.0 Å². The van der Waals surface area contributed by atoms with Gasteiger partial charge in [-0.2, -0.15) is 0 Å².